The molecule has 0 spiro atoms. The molecule has 4 heteroatoms. The minimum Gasteiger partial charge on any atom is -0.342 e. The lowest BCUT2D eigenvalue weighted by molar-refractivity contribution is -0.138. The Kier molecular flexibility index (Phi) is 5.09. The van der Waals surface area contributed by atoms with E-state index in [-0.39, 0.29) is 29.3 Å². The maximum atomic E-state index is 13.0. The second-order valence-electron chi connectivity index (χ2n) is 6.83. The summed E-state index contributed by atoms with van der Waals surface area (Å²) < 4.78 is 13.0. The molecule has 3 rings (SSSR count). The fourth-order valence-corrected chi connectivity index (χ4v) is 3.85. The molecule has 1 heterocycles. The summed E-state index contributed by atoms with van der Waals surface area (Å²) >= 11 is 0. The quantitative estimate of drug-likeness (QED) is 0.795. The molecule has 1 saturated heterocycles. The molecule has 124 valence electrons. The highest BCUT2D eigenvalue weighted by Crippen LogP contribution is 2.28. The summed E-state index contributed by atoms with van der Waals surface area (Å²) in [7, 11) is 0. The van der Waals surface area contributed by atoms with E-state index in [0.29, 0.717) is 12.1 Å². The maximum Gasteiger partial charge on any atom is 0.225 e. The molecule has 2 fully saturated rings. The average molecular weight is 317 g/mol. The van der Waals surface area contributed by atoms with Crippen LogP contribution in [0.2, 0.25) is 0 Å². The molecule has 1 aliphatic heterocycles. The van der Waals surface area contributed by atoms with Crippen molar-refractivity contribution in [3.63, 3.8) is 0 Å². The van der Waals surface area contributed by atoms with Gasteiger partial charge in [-0.2, -0.15) is 0 Å². The SMILES string of the molecule is O=C(c1ccc(F)cc1)[C@H]1CCCN(C(=O)C2CCCCC2)C1. The Balaban J connectivity index is 1.64. The summed E-state index contributed by atoms with van der Waals surface area (Å²) in [5.41, 5.74) is 0.545. The third-order valence-corrected chi connectivity index (χ3v) is 5.19. The lowest BCUT2D eigenvalue weighted by Gasteiger charge is -2.35. The predicted octanol–water partition coefficient (Wildman–Crippen LogP) is 3.83. The van der Waals surface area contributed by atoms with Crippen LogP contribution in [0.15, 0.2) is 24.3 Å². The van der Waals surface area contributed by atoms with Gasteiger partial charge in [0.1, 0.15) is 5.82 Å². The highest BCUT2D eigenvalue weighted by atomic mass is 19.1. The van der Waals surface area contributed by atoms with Crippen LogP contribution >= 0.6 is 0 Å². The average Bonchev–Trinajstić information content (AvgIpc) is 2.62. The molecule has 2 aliphatic rings. The molecule has 3 nitrogen and oxygen atoms in total. The zero-order valence-corrected chi connectivity index (χ0v) is 13.5. The van der Waals surface area contributed by atoms with Crippen molar-refractivity contribution in [1.29, 1.82) is 0 Å². The van der Waals surface area contributed by atoms with Crippen molar-refractivity contribution in [3.05, 3.63) is 35.6 Å². The van der Waals surface area contributed by atoms with E-state index in [1.165, 1.54) is 18.6 Å². The van der Waals surface area contributed by atoms with E-state index in [2.05, 4.69) is 0 Å². The van der Waals surface area contributed by atoms with Crippen LogP contribution in [0.25, 0.3) is 0 Å². The molecule has 23 heavy (non-hydrogen) atoms. The lowest BCUT2D eigenvalue weighted by Crippen LogP contribution is -2.45. The van der Waals surface area contributed by atoms with E-state index in [0.717, 1.165) is 45.1 Å². The van der Waals surface area contributed by atoms with Crippen LogP contribution in [0.3, 0.4) is 0 Å². The number of hydrogen-bond acceptors (Lipinski definition) is 2. The van der Waals surface area contributed by atoms with Gasteiger partial charge in [0.05, 0.1) is 0 Å². The summed E-state index contributed by atoms with van der Waals surface area (Å²) in [6.07, 6.45) is 7.18. The molecule has 0 unspecified atom stereocenters. The van der Waals surface area contributed by atoms with Gasteiger partial charge in [0.15, 0.2) is 5.78 Å². The molecule has 1 amide bonds. The summed E-state index contributed by atoms with van der Waals surface area (Å²) in [5, 5.41) is 0. The highest BCUT2D eigenvalue weighted by Gasteiger charge is 2.32. The van der Waals surface area contributed by atoms with E-state index in [9.17, 15) is 14.0 Å². The maximum absolute atomic E-state index is 13.0. The first-order chi connectivity index (χ1) is 11.1. The van der Waals surface area contributed by atoms with Crippen LogP contribution in [0.5, 0.6) is 0 Å². The molecule has 1 aliphatic carbocycles. The fraction of sp³-hybridized carbons (Fsp3) is 0.579. The van der Waals surface area contributed by atoms with Crippen molar-refractivity contribution in [2.24, 2.45) is 11.8 Å². The number of nitrogens with zero attached hydrogens (tertiary/aromatic N) is 1. The van der Waals surface area contributed by atoms with Crippen LogP contribution in [0.4, 0.5) is 4.39 Å². The first-order valence-electron chi connectivity index (χ1n) is 8.74. The van der Waals surface area contributed by atoms with E-state index in [4.69, 9.17) is 0 Å². The van der Waals surface area contributed by atoms with Gasteiger partial charge < -0.3 is 4.90 Å². The Bertz CT molecular complexity index is 563. The highest BCUT2D eigenvalue weighted by molar-refractivity contribution is 5.98. The zero-order valence-electron chi connectivity index (χ0n) is 13.5. The van der Waals surface area contributed by atoms with Crippen LogP contribution in [-0.4, -0.2) is 29.7 Å². The van der Waals surface area contributed by atoms with Crippen LogP contribution in [0, 0.1) is 17.7 Å². The predicted molar refractivity (Wildman–Crippen MR) is 86.6 cm³/mol. The van der Waals surface area contributed by atoms with E-state index >= 15 is 0 Å². The van der Waals surface area contributed by atoms with E-state index in [1.807, 2.05) is 4.90 Å². The Morgan fingerprint density at radius 3 is 2.26 bits per heavy atom. The first-order valence-corrected chi connectivity index (χ1v) is 8.74. The van der Waals surface area contributed by atoms with Crippen LogP contribution in [0.1, 0.15) is 55.3 Å². The number of piperidine rings is 1. The fourth-order valence-electron chi connectivity index (χ4n) is 3.85. The molecular formula is C19H24FNO2. The number of likely N-dealkylation sites (tertiary alicyclic amines) is 1. The number of benzene rings is 1. The standard InChI is InChI=1S/C19H24FNO2/c20-17-10-8-14(9-11-17)18(22)16-7-4-12-21(13-16)19(23)15-5-2-1-3-6-15/h8-11,15-16H,1-7,12-13H2/t16-/m0/s1. The van der Waals surface area contributed by atoms with E-state index < -0.39 is 0 Å². The minimum absolute atomic E-state index is 0.0335. The monoisotopic (exact) mass is 317 g/mol. The second kappa shape index (κ2) is 7.24. The van der Waals surface area contributed by atoms with Crippen molar-refractivity contribution in [2.45, 2.75) is 44.9 Å². The van der Waals surface area contributed by atoms with Crippen molar-refractivity contribution in [3.8, 4) is 0 Å². The number of hydrogen-bond donors (Lipinski definition) is 0. The Morgan fingerprint density at radius 1 is 0.913 bits per heavy atom. The van der Waals surface area contributed by atoms with Crippen LogP contribution in [-0.2, 0) is 4.79 Å². The topological polar surface area (TPSA) is 37.4 Å². The van der Waals surface area contributed by atoms with Gasteiger partial charge in [0, 0.05) is 30.5 Å². The Labute approximate surface area is 136 Å². The summed E-state index contributed by atoms with van der Waals surface area (Å²) in [5.74, 6) is -0.0584. The van der Waals surface area contributed by atoms with Crippen LogP contribution < -0.4 is 0 Å². The molecule has 1 atom stereocenters. The number of carbonyl (C=O) groups excluding carboxylic acids is 2. The molecule has 0 N–H and O–H groups in total. The van der Waals surface area contributed by atoms with Crippen molar-refractivity contribution >= 4 is 11.7 Å². The molecule has 1 saturated carbocycles. The zero-order chi connectivity index (χ0) is 16.2. The van der Waals surface area contributed by atoms with Crippen molar-refractivity contribution < 1.29 is 14.0 Å². The number of carbonyl (C=O) groups is 2. The molecular weight excluding hydrogens is 293 g/mol. The van der Waals surface area contributed by atoms with Gasteiger partial charge in [-0.3, -0.25) is 9.59 Å². The Morgan fingerprint density at radius 2 is 1.57 bits per heavy atom. The molecule has 0 aromatic heterocycles. The van der Waals surface area contributed by atoms with Gasteiger partial charge in [-0.15, -0.1) is 0 Å². The third-order valence-electron chi connectivity index (χ3n) is 5.19. The Hall–Kier alpha value is -1.71. The van der Waals surface area contributed by atoms with Gasteiger partial charge in [0.2, 0.25) is 5.91 Å². The molecule has 1 aromatic rings. The first kappa shape index (κ1) is 16.2. The normalized spacial score (nSPS) is 22.8. The van der Waals surface area contributed by atoms with Gasteiger partial charge in [0.25, 0.3) is 0 Å². The number of rotatable bonds is 3. The summed E-state index contributed by atoms with van der Waals surface area (Å²) in [6.45, 7) is 1.29. The van der Waals surface area contributed by atoms with Gasteiger partial charge in [-0.1, -0.05) is 19.3 Å². The summed E-state index contributed by atoms with van der Waals surface area (Å²) in [6, 6.07) is 5.72. The number of halogens is 1. The summed E-state index contributed by atoms with van der Waals surface area (Å²) in [4.78, 5) is 27.2. The van der Waals surface area contributed by atoms with Crippen molar-refractivity contribution in [2.75, 3.05) is 13.1 Å². The largest absolute Gasteiger partial charge is 0.342 e. The molecule has 0 bridgehead atoms. The number of ketones is 1. The van der Waals surface area contributed by atoms with Crippen molar-refractivity contribution in [1.82, 2.24) is 4.90 Å². The van der Waals surface area contributed by atoms with Gasteiger partial charge >= 0.3 is 0 Å². The minimum atomic E-state index is -0.334. The van der Waals surface area contributed by atoms with E-state index in [1.54, 1.807) is 12.1 Å². The smallest absolute Gasteiger partial charge is 0.225 e. The van der Waals surface area contributed by atoms with Gasteiger partial charge in [-0.05, 0) is 49.9 Å². The number of Topliss-reactive ketones (excluding diaryl/α,β-unsaturated/α-hetero) is 1. The third kappa shape index (κ3) is 3.80. The second-order valence-corrected chi connectivity index (χ2v) is 6.83. The molecule has 0 radical (unpaired) electrons. The van der Waals surface area contributed by atoms with Gasteiger partial charge in [-0.25, -0.2) is 4.39 Å². The number of amides is 1. The molecule has 1 aromatic carbocycles. The lowest BCUT2D eigenvalue weighted by atomic mass is 9.86.